The number of fused-ring (bicyclic) bond motifs is 1. The second-order valence-corrected chi connectivity index (χ2v) is 9.00. The fourth-order valence-corrected chi connectivity index (χ4v) is 3.96. The van der Waals surface area contributed by atoms with Crippen molar-refractivity contribution in [1.82, 2.24) is 15.5 Å². The highest BCUT2D eigenvalue weighted by molar-refractivity contribution is 5.87. The van der Waals surface area contributed by atoms with Gasteiger partial charge in [0, 0.05) is 18.9 Å². The Morgan fingerprint density at radius 3 is 2.60 bits per heavy atom. The molecule has 0 aromatic heterocycles. The minimum absolute atomic E-state index is 0.0512. The molecule has 1 fully saturated rings. The van der Waals surface area contributed by atoms with E-state index in [2.05, 4.69) is 10.6 Å². The third-order valence-electron chi connectivity index (χ3n) is 5.48. The number of ether oxygens (including phenoxy) is 1. The Morgan fingerprint density at radius 2 is 2.00 bits per heavy atom. The zero-order valence-corrected chi connectivity index (χ0v) is 17.8. The first-order valence-electron chi connectivity index (χ1n) is 10.4. The summed E-state index contributed by atoms with van der Waals surface area (Å²) in [6.45, 7) is 5.97. The molecular formula is C22H31N3O5. The second kappa shape index (κ2) is 9.04. The second-order valence-electron chi connectivity index (χ2n) is 9.00. The van der Waals surface area contributed by atoms with Crippen molar-refractivity contribution in [3.8, 4) is 0 Å². The number of rotatable bonds is 5. The van der Waals surface area contributed by atoms with Gasteiger partial charge in [-0.05, 0) is 44.7 Å². The van der Waals surface area contributed by atoms with E-state index in [0.29, 0.717) is 25.8 Å². The van der Waals surface area contributed by atoms with Gasteiger partial charge in [0.1, 0.15) is 11.6 Å². The van der Waals surface area contributed by atoms with Crippen LogP contribution in [-0.4, -0.2) is 58.8 Å². The van der Waals surface area contributed by atoms with Crippen LogP contribution in [0, 0.1) is 5.92 Å². The number of hydrogen-bond acceptors (Lipinski definition) is 5. The van der Waals surface area contributed by atoms with Crippen molar-refractivity contribution in [2.24, 2.45) is 5.92 Å². The lowest BCUT2D eigenvalue weighted by Crippen LogP contribution is -2.55. The molecule has 1 aromatic carbocycles. The molecule has 2 aliphatic rings. The van der Waals surface area contributed by atoms with E-state index >= 15 is 0 Å². The average molecular weight is 418 g/mol. The summed E-state index contributed by atoms with van der Waals surface area (Å²) in [4.78, 5) is 39.3. The van der Waals surface area contributed by atoms with Crippen molar-refractivity contribution in [3.05, 3.63) is 35.4 Å². The van der Waals surface area contributed by atoms with Gasteiger partial charge >= 0.3 is 6.09 Å². The quantitative estimate of drug-likeness (QED) is 0.670. The molecule has 2 heterocycles. The Morgan fingerprint density at radius 1 is 1.30 bits per heavy atom. The van der Waals surface area contributed by atoms with Crippen LogP contribution in [0.3, 0.4) is 0 Å². The summed E-state index contributed by atoms with van der Waals surface area (Å²) >= 11 is 0. The SMILES string of the molecule is CC(C)(C)OC(=O)N1Cc2ccccc2C[C@H]1C(=O)N[C@H](CO)C[C@@H]1CCNC1=O. The summed E-state index contributed by atoms with van der Waals surface area (Å²) in [5.41, 5.74) is 1.31. The zero-order chi connectivity index (χ0) is 21.9. The summed E-state index contributed by atoms with van der Waals surface area (Å²) in [6, 6.07) is 6.41. The molecule has 0 radical (unpaired) electrons. The first kappa shape index (κ1) is 22.1. The number of carbonyl (C=O) groups is 3. The highest BCUT2D eigenvalue weighted by atomic mass is 16.6. The van der Waals surface area contributed by atoms with Crippen molar-refractivity contribution in [1.29, 1.82) is 0 Å². The van der Waals surface area contributed by atoms with Crippen LogP contribution >= 0.6 is 0 Å². The maximum absolute atomic E-state index is 13.1. The summed E-state index contributed by atoms with van der Waals surface area (Å²) in [6.07, 6.45) is 0.868. The number of aliphatic hydroxyl groups excluding tert-OH is 1. The molecule has 0 aliphatic carbocycles. The maximum Gasteiger partial charge on any atom is 0.411 e. The fraction of sp³-hybridized carbons (Fsp3) is 0.591. The van der Waals surface area contributed by atoms with Crippen molar-refractivity contribution >= 4 is 17.9 Å². The van der Waals surface area contributed by atoms with Gasteiger partial charge in [0.2, 0.25) is 11.8 Å². The topological polar surface area (TPSA) is 108 Å². The van der Waals surface area contributed by atoms with Crippen LogP contribution in [0.1, 0.15) is 44.7 Å². The number of nitrogens with zero attached hydrogens (tertiary/aromatic N) is 1. The van der Waals surface area contributed by atoms with Gasteiger partial charge < -0.3 is 20.5 Å². The zero-order valence-electron chi connectivity index (χ0n) is 17.8. The molecule has 0 spiro atoms. The molecule has 164 valence electrons. The summed E-state index contributed by atoms with van der Waals surface area (Å²) in [5, 5.41) is 15.4. The number of aliphatic hydroxyl groups is 1. The van der Waals surface area contributed by atoms with E-state index in [-0.39, 0.29) is 30.9 Å². The number of amides is 3. The number of carbonyl (C=O) groups excluding carboxylic acids is 3. The predicted octanol–water partition coefficient (Wildman–Crippen LogP) is 1.35. The molecule has 3 amide bonds. The van der Waals surface area contributed by atoms with Gasteiger partial charge in [0.25, 0.3) is 0 Å². The molecule has 1 aromatic rings. The molecule has 1 saturated heterocycles. The highest BCUT2D eigenvalue weighted by Crippen LogP contribution is 2.26. The lowest BCUT2D eigenvalue weighted by molar-refractivity contribution is -0.129. The van der Waals surface area contributed by atoms with Crippen LogP contribution in [0.15, 0.2) is 24.3 Å². The van der Waals surface area contributed by atoms with Gasteiger partial charge in [-0.3, -0.25) is 14.5 Å². The molecule has 3 rings (SSSR count). The van der Waals surface area contributed by atoms with E-state index in [1.807, 2.05) is 24.3 Å². The monoisotopic (exact) mass is 417 g/mol. The Labute approximate surface area is 177 Å². The van der Waals surface area contributed by atoms with E-state index < -0.39 is 23.8 Å². The van der Waals surface area contributed by atoms with Crippen LogP contribution in [0.25, 0.3) is 0 Å². The summed E-state index contributed by atoms with van der Waals surface area (Å²) in [5.74, 6) is -0.631. The highest BCUT2D eigenvalue weighted by Gasteiger charge is 2.38. The van der Waals surface area contributed by atoms with Gasteiger partial charge in [0.05, 0.1) is 19.2 Å². The minimum atomic E-state index is -0.749. The third-order valence-corrected chi connectivity index (χ3v) is 5.48. The predicted molar refractivity (Wildman–Crippen MR) is 110 cm³/mol. The van der Waals surface area contributed by atoms with Crippen molar-refractivity contribution in [2.75, 3.05) is 13.2 Å². The third kappa shape index (κ3) is 5.30. The van der Waals surface area contributed by atoms with Gasteiger partial charge in [-0.1, -0.05) is 24.3 Å². The Kier molecular flexibility index (Phi) is 6.65. The minimum Gasteiger partial charge on any atom is -0.444 e. The van der Waals surface area contributed by atoms with Crippen molar-refractivity contribution in [3.63, 3.8) is 0 Å². The molecular weight excluding hydrogens is 386 g/mol. The van der Waals surface area contributed by atoms with Crippen LogP contribution < -0.4 is 10.6 Å². The van der Waals surface area contributed by atoms with E-state index in [1.54, 1.807) is 20.8 Å². The Balaban J connectivity index is 1.76. The van der Waals surface area contributed by atoms with Crippen LogP contribution in [-0.2, 0) is 27.3 Å². The average Bonchev–Trinajstić information content (AvgIpc) is 3.09. The molecule has 3 atom stereocenters. The molecule has 0 saturated carbocycles. The smallest absolute Gasteiger partial charge is 0.411 e. The van der Waals surface area contributed by atoms with Gasteiger partial charge in [-0.15, -0.1) is 0 Å². The Hall–Kier alpha value is -2.61. The van der Waals surface area contributed by atoms with Crippen molar-refractivity contribution in [2.45, 2.75) is 64.3 Å². The molecule has 30 heavy (non-hydrogen) atoms. The number of nitrogens with one attached hydrogen (secondary N) is 2. The molecule has 0 bridgehead atoms. The van der Waals surface area contributed by atoms with E-state index in [0.717, 1.165) is 11.1 Å². The lowest BCUT2D eigenvalue weighted by atomic mass is 9.93. The summed E-state index contributed by atoms with van der Waals surface area (Å²) < 4.78 is 5.53. The van der Waals surface area contributed by atoms with E-state index in [4.69, 9.17) is 4.74 Å². The van der Waals surface area contributed by atoms with Crippen LogP contribution in [0.2, 0.25) is 0 Å². The van der Waals surface area contributed by atoms with Crippen LogP contribution in [0.4, 0.5) is 4.79 Å². The van der Waals surface area contributed by atoms with Gasteiger partial charge in [-0.25, -0.2) is 4.79 Å². The largest absolute Gasteiger partial charge is 0.444 e. The first-order chi connectivity index (χ1) is 14.2. The van der Waals surface area contributed by atoms with E-state index in [9.17, 15) is 19.5 Å². The molecule has 3 N–H and O–H groups in total. The molecule has 8 nitrogen and oxygen atoms in total. The van der Waals surface area contributed by atoms with Gasteiger partial charge in [-0.2, -0.15) is 0 Å². The summed E-state index contributed by atoms with van der Waals surface area (Å²) in [7, 11) is 0. The Bertz CT molecular complexity index is 804. The fourth-order valence-electron chi connectivity index (χ4n) is 3.96. The lowest BCUT2D eigenvalue weighted by Gasteiger charge is -2.37. The molecule has 8 heteroatoms. The molecule has 0 unspecified atom stereocenters. The van der Waals surface area contributed by atoms with Gasteiger partial charge in [0.15, 0.2) is 0 Å². The molecule has 2 aliphatic heterocycles. The van der Waals surface area contributed by atoms with Crippen molar-refractivity contribution < 1.29 is 24.2 Å². The maximum atomic E-state index is 13.1. The normalized spacial score (nSPS) is 22.1. The number of benzene rings is 1. The van der Waals surface area contributed by atoms with Crippen LogP contribution in [0.5, 0.6) is 0 Å². The number of hydrogen-bond donors (Lipinski definition) is 3. The van der Waals surface area contributed by atoms with E-state index in [1.165, 1.54) is 4.90 Å². The first-order valence-corrected chi connectivity index (χ1v) is 10.4. The standard InChI is InChI=1S/C22H31N3O5/c1-22(2,3)30-21(29)25-12-16-7-5-4-6-14(16)11-18(25)20(28)24-17(13-26)10-15-8-9-23-19(15)27/h4-7,15,17-18,26H,8-13H2,1-3H3,(H,23,27)(H,24,28)/t15-,17-,18-/m0/s1.